The molecule has 0 bridgehead atoms. The molecule has 0 saturated carbocycles. The van der Waals surface area contributed by atoms with Gasteiger partial charge in [0.2, 0.25) is 5.91 Å². The number of carbonyl (C=O) groups is 1. The number of hydrogen-bond acceptors (Lipinski definition) is 2. The molecule has 0 spiro atoms. The van der Waals surface area contributed by atoms with Crippen molar-refractivity contribution in [3.05, 3.63) is 57.6 Å². The summed E-state index contributed by atoms with van der Waals surface area (Å²) in [6.07, 6.45) is 0.267. The van der Waals surface area contributed by atoms with E-state index in [9.17, 15) is 9.90 Å². The van der Waals surface area contributed by atoms with Gasteiger partial charge in [0.1, 0.15) is 0 Å². The van der Waals surface area contributed by atoms with E-state index in [0.29, 0.717) is 5.69 Å². The smallest absolute Gasteiger partial charge is 0.228 e. The summed E-state index contributed by atoms with van der Waals surface area (Å²) in [5, 5.41) is 12.4. The Balaban J connectivity index is 2.11. The van der Waals surface area contributed by atoms with Crippen molar-refractivity contribution in [2.75, 3.05) is 5.32 Å². The van der Waals surface area contributed by atoms with Crippen molar-refractivity contribution < 1.29 is 9.90 Å². The molecule has 2 aromatic carbocycles. The molecule has 2 aromatic rings. The zero-order valence-electron chi connectivity index (χ0n) is 10.8. The Bertz CT molecular complexity index is 633. The largest absolute Gasteiger partial charge is 0.505 e. The second-order valence-corrected chi connectivity index (χ2v) is 5.25. The lowest BCUT2D eigenvalue weighted by Gasteiger charge is -2.09. The standard InChI is InChI=1S/C15H13Cl2NO2/c1-9-4-2-3-5-10(9)6-14(19)18-11-7-12(16)15(20)13(17)8-11/h2-5,7-8,20H,6H2,1H3,(H,18,19). The fraction of sp³-hybridized carbons (Fsp3) is 0.133. The van der Waals surface area contributed by atoms with Crippen LogP contribution in [-0.4, -0.2) is 11.0 Å². The van der Waals surface area contributed by atoms with E-state index in [1.54, 1.807) is 0 Å². The van der Waals surface area contributed by atoms with E-state index in [2.05, 4.69) is 5.32 Å². The number of benzene rings is 2. The molecule has 0 saturated heterocycles. The molecule has 3 nitrogen and oxygen atoms in total. The number of anilines is 1. The van der Waals surface area contributed by atoms with Gasteiger partial charge < -0.3 is 10.4 Å². The molecule has 0 radical (unpaired) electrons. The second-order valence-electron chi connectivity index (χ2n) is 4.44. The number of rotatable bonds is 3. The average Bonchev–Trinajstić information content (AvgIpc) is 2.38. The average molecular weight is 310 g/mol. The molecular weight excluding hydrogens is 297 g/mol. The Kier molecular flexibility index (Phi) is 4.53. The minimum absolute atomic E-state index is 0.101. The number of amides is 1. The second kappa shape index (κ2) is 6.16. The molecule has 20 heavy (non-hydrogen) atoms. The number of phenolic OH excluding ortho intramolecular Hbond substituents is 1. The van der Waals surface area contributed by atoms with Gasteiger partial charge in [0.05, 0.1) is 16.5 Å². The van der Waals surface area contributed by atoms with E-state index in [4.69, 9.17) is 23.2 Å². The maximum atomic E-state index is 12.0. The van der Waals surface area contributed by atoms with Crippen LogP contribution in [0, 0.1) is 6.92 Å². The molecule has 104 valence electrons. The van der Waals surface area contributed by atoms with E-state index in [0.717, 1.165) is 11.1 Å². The van der Waals surface area contributed by atoms with Gasteiger partial charge in [0.25, 0.3) is 0 Å². The summed E-state index contributed by atoms with van der Waals surface area (Å²) in [5.41, 5.74) is 2.47. The molecule has 2 N–H and O–H groups in total. The normalized spacial score (nSPS) is 10.3. The zero-order valence-corrected chi connectivity index (χ0v) is 12.3. The number of nitrogens with one attached hydrogen (secondary N) is 1. The van der Waals surface area contributed by atoms with Crippen LogP contribution in [0.25, 0.3) is 0 Å². The van der Waals surface area contributed by atoms with Crippen molar-refractivity contribution >= 4 is 34.8 Å². The zero-order chi connectivity index (χ0) is 14.7. The molecule has 0 heterocycles. The van der Waals surface area contributed by atoms with Crippen molar-refractivity contribution in [1.29, 1.82) is 0 Å². The number of hydrogen-bond donors (Lipinski definition) is 2. The van der Waals surface area contributed by atoms with Gasteiger partial charge in [0.15, 0.2) is 5.75 Å². The monoisotopic (exact) mass is 309 g/mol. The highest BCUT2D eigenvalue weighted by Crippen LogP contribution is 2.34. The Labute approximate surface area is 127 Å². The topological polar surface area (TPSA) is 49.3 Å². The van der Waals surface area contributed by atoms with Gasteiger partial charge in [-0.05, 0) is 30.2 Å². The third kappa shape index (κ3) is 3.44. The maximum absolute atomic E-state index is 12.0. The third-order valence-electron chi connectivity index (χ3n) is 2.91. The first-order chi connectivity index (χ1) is 9.47. The van der Waals surface area contributed by atoms with Crippen molar-refractivity contribution in [2.24, 2.45) is 0 Å². The van der Waals surface area contributed by atoms with Gasteiger partial charge in [-0.2, -0.15) is 0 Å². The van der Waals surface area contributed by atoms with Gasteiger partial charge in [-0.3, -0.25) is 4.79 Å². The summed E-state index contributed by atoms with van der Waals surface area (Å²) in [6.45, 7) is 1.96. The molecule has 0 aliphatic carbocycles. The highest BCUT2D eigenvalue weighted by molar-refractivity contribution is 6.37. The van der Waals surface area contributed by atoms with E-state index >= 15 is 0 Å². The first-order valence-corrected chi connectivity index (χ1v) is 6.75. The highest BCUT2D eigenvalue weighted by Gasteiger charge is 2.10. The predicted octanol–water partition coefficient (Wildman–Crippen LogP) is 4.19. The minimum Gasteiger partial charge on any atom is -0.505 e. The number of aromatic hydroxyl groups is 1. The number of phenols is 1. The fourth-order valence-corrected chi connectivity index (χ4v) is 2.31. The van der Waals surface area contributed by atoms with Crippen molar-refractivity contribution in [1.82, 2.24) is 0 Å². The van der Waals surface area contributed by atoms with Crippen LogP contribution >= 0.6 is 23.2 Å². The van der Waals surface area contributed by atoms with Crippen molar-refractivity contribution in [3.63, 3.8) is 0 Å². The van der Waals surface area contributed by atoms with E-state index in [-0.39, 0.29) is 28.1 Å². The summed E-state index contributed by atoms with van der Waals surface area (Å²) in [4.78, 5) is 12.0. The summed E-state index contributed by atoms with van der Waals surface area (Å²) in [5.74, 6) is -0.359. The summed E-state index contributed by atoms with van der Waals surface area (Å²) in [7, 11) is 0. The molecule has 5 heteroatoms. The quantitative estimate of drug-likeness (QED) is 0.835. The van der Waals surface area contributed by atoms with Crippen LogP contribution in [0.2, 0.25) is 10.0 Å². The number of carbonyl (C=O) groups excluding carboxylic acids is 1. The first-order valence-electron chi connectivity index (χ1n) is 5.99. The minimum atomic E-state index is -0.190. The van der Waals surface area contributed by atoms with Crippen molar-refractivity contribution in [2.45, 2.75) is 13.3 Å². The molecule has 0 atom stereocenters. The lowest BCUT2D eigenvalue weighted by atomic mass is 10.1. The van der Waals surface area contributed by atoms with E-state index in [1.807, 2.05) is 31.2 Å². The van der Waals surface area contributed by atoms with Crippen LogP contribution in [0.1, 0.15) is 11.1 Å². The van der Waals surface area contributed by atoms with Gasteiger partial charge in [-0.15, -0.1) is 0 Å². The maximum Gasteiger partial charge on any atom is 0.228 e. The van der Waals surface area contributed by atoms with Gasteiger partial charge in [0, 0.05) is 5.69 Å². The van der Waals surface area contributed by atoms with Crippen LogP contribution in [0.4, 0.5) is 5.69 Å². The van der Waals surface area contributed by atoms with Crippen LogP contribution in [0.5, 0.6) is 5.75 Å². The van der Waals surface area contributed by atoms with Gasteiger partial charge in [-0.1, -0.05) is 47.5 Å². The predicted molar refractivity (Wildman–Crippen MR) is 81.6 cm³/mol. The molecule has 1 amide bonds. The van der Waals surface area contributed by atoms with Crippen LogP contribution in [0.15, 0.2) is 36.4 Å². The summed E-state index contributed by atoms with van der Waals surface area (Å²) >= 11 is 11.6. The van der Waals surface area contributed by atoms with Crippen molar-refractivity contribution in [3.8, 4) is 5.75 Å². The van der Waals surface area contributed by atoms with Gasteiger partial charge in [-0.25, -0.2) is 0 Å². The molecule has 0 aliphatic rings. The molecule has 0 aliphatic heterocycles. The van der Waals surface area contributed by atoms with Gasteiger partial charge >= 0.3 is 0 Å². The fourth-order valence-electron chi connectivity index (χ4n) is 1.82. The first kappa shape index (κ1) is 14.7. The lowest BCUT2D eigenvalue weighted by molar-refractivity contribution is -0.115. The molecule has 0 aromatic heterocycles. The Hall–Kier alpha value is -1.71. The van der Waals surface area contributed by atoms with Crippen LogP contribution in [0.3, 0.4) is 0 Å². The highest BCUT2D eigenvalue weighted by atomic mass is 35.5. The molecule has 2 rings (SSSR count). The van der Waals surface area contributed by atoms with E-state index < -0.39 is 0 Å². The molecule has 0 unspecified atom stereocenters. The number of halogens is 2. The summed E-state index contributed by atoms with van der Waals surface area (Å²) < 4.78 is 0. The third-order valence-corrected chi connectivity index (χ3v) is 3.49. The SMILES string of the molecule is Cc1ccccc1CC(=O)Nc1cc(Cl)c(O)c(Cl)c1. The Morgan fingerprint density at radius 3 is 2.40 bits per heavy atom. The molecule has 0 fully saturated rings. The summed E-state index contributed by atoms with van der Waals surface area (Å²) in [6, 6.07) is 10.6. The molecular formula is C15H13Cl2NO2. The van der Waals surface area contributed by atoms with Crippen LogP contribution in [-0.2, 0) is 11.2 Å². The number of aryl methyl sites for hydroxylation is 1. The van der Waals surface area contributed by atoms with E-state index in [1.165, 1.54) is 12.1 Å². The Morgan fingerprint density at radius 2 is 1.80 bits per heavy atom. The lowest BCUT2D eigenvalue weighted by Crippen LogP contribution is -2.15. The van der Waals surface area contributed by atoms with Crippen LogP contribution < -0.4 is 5.32 Å². The Morgan fingerprint density at radius 1 is 1.20 bits per heavy atom.